The molecule has 0 bridgehead atoms. The number of aliphatic hydroxyl groups is 1. The summed E-state index contributed by atoms with van der Waals surface area (Å²) in [5, 5.41) is 11.9. The molecule has 1 aliphatic heterocycles. The summed E-state index contributed by atoms with van der Waals surface area (Å²) in [6, 6.07) is 0. The molecule has 0 saturated heterocycles. The third-order valence-corrected chi connectivity index (χ3v) is 1.72. The number of aliphatic hydroxyl groups excluding tert-OH is 1. The van der Waals surface area contributed by atoms with E-state index >= 15 is 0 Å². The summed E-state index contributed by atoms with van der Waals surface area (Å²) < 4.78 is 4.49. The van der Waals surface area contributed by atoms with Crippen LogP contribution in [0.15, 0.2) is 23.4 Å². The van der Waals surface area contributed by atoms with Crippen LogP contribution in [0.2, 0.25) is 0 Å². The Morgan fingerprint density at radius 2 is 2.46 bits per heavy atom. The van der Waals surface area contributed by atoms with Gasteiger partial charge >= 0.3 is 6.09 Å². The molecule has 5 heteroatoms. The van der Waals surface area contributed by atoms with Gasteiger partial charge in [0, 0.05) is 11.2 Å². The molecule has 0 spiro atoms. The maximum absolute atomic E-state index is 10.8. The summed E-state index contributed by atoms with van der Waals surface area (Å²) in [7, 11) is 0. The first-order valence-corrected chi connectivity index (χ1v) is 4.22. The fourth-order valence-corrected chi connectivity index (χ4v) is 0.990. The zero-order valence-corrected chi connectivity index (χ0v) is 7.62. The van der Waals surface area contributed by atoms with Crippen molar-refractivity contribution in [1.82, 2.24) is 5.32 Å². The zero-order chi connectivity index (χ0) is 9.68. The summed E-state index contributed by atoms with van der Waals surface area (Å²) in [6.07, 6.45) is 3.88. The standard InChI is InChI=1S/C8H10ClNO3/c9-6-3-1-2-4-7(11)13-8(12)10-5-6/h2,4-5,7,11H,1,3H2,(H,10,12)/b4-2+,6-5-. The van der Waals surface area contributed by atoms with Crippen molar-refractivity contribution in [2.24, 2.45) is 0 Å². The second kappa shape index (κ2) is 4.89. The fraction of sp³-hybridized carbons (Fsp3) is 0.375. The highest BCUT2D eigenvalue weighted by molar-refractivity contribution is 6.29. The number of hydrogen-bond donors (Lipinski definition) is 2. The van der Waals surface area contributed by atoms with E-state index in [0.717, 1.165) is 0 Å². The smallest absolute Gasteiger partial charge is 0.413 e. The number of hydrogen-bond acceptors (Lipinski definition) is 3. The lowest BCUT2D eigenvalue weighted by Gasteiger charge is -2.09. The average Bonchev–Trinajstić information content (AvgIpc) is 2.08. The van der Waals surface area contributed by atoms with Gasteiger partial charge in [-0.05, 0) is 18.9 Å². The van der Waals surface area contributed by atoms with Crippen molar-refractivity contribution in [2.75, 3.05) is 0 Å². The average molecular weight is 204 g/mol. The molecule has 2 N–H and O–H groups in total. The van der Waals surface area contributed by atoms with E-state index in [0.29, 0.717) is 17.9 Å². The highest BCUT2D eigenvalue weighted by atomic mass is 35.5. The first-order valence-electron chi connectivity index (χ1n) is 3.85. The Bertz CT molecular complexity index is 250. The number of ether oxygens (including phenoxy) is 1. The van der Waals surface area contributed by atoms with E-state index in [1.807, 2.05) is 0 Å². The molecule has 1 heterocycles. The van der Waals surface area contributed by atoms with Crippen LogP contribution in [-0.2, 0) is 4.74 Å². The first-order chi connectivity index (χ1) is 6.18. The molecule has 4 nitrogen and oxygen atoms in total. The molecule has 1 atom stereocenters. The quantitative estimate of drug-likeness (QED) is 0.586. The predicted molar refractivity (Wildman–Crippen MR) is 47.9 cm³/mol. The minimum absolute atomic E-state index is 0.540. The second-order valence-electron chi connectivity index (χ2n) is 2.50. The number of carbonyl (C=O) groups excluding carboxylic acids is 1. The van der Waals surface area contributed by atoms with Gasteiger partial charge in [-0.2, -0.15) is 0 Å². The zero-order valence-electron chi connectivity index (χ0n) is 6.87. The number of nitrogens with one attached hydrogen (secondary N) is 1. The molecule has 1 rings (SSSR count). The predicted octanol–water partition coefficient (Wildman–Crippen LogP) is 1.46. The minimum Gasteiger partial charge on any atom is -0.416 e. The van der Waals surface area contributed by atoms with Gasteiger partial charge in [0.05, 0.1) is 0 Å². The lowest BCUT2D eigenvalue weighted by atomic mass is 10.3. The number of allylic oxidation sites excluding steroid dienone is 2. The molecule has 0 radical (unpaired) electrons. The summed E-state index contributed by atoms with van der Waals surface area (Å²) >= 11 is 5.72. The van der Waals surface area contributed by atoms with Crippen LogP contribution in [0.3, 0.4) is 0 Å². The summed E-state index contributed by atoms with van der Waals surface area (Å²) in [4.78, 5) is 10.8. The minimum atomic E-state index is -1.19. The van der Waals surface area contributed by atoms with Crippen molar-refractivity contribution in [1.29, 1.82) is 0 Å². The van der Waals surface area contributed by atoms with Gasteiger partial charge in [-0.1, -0.05) is 17.7 Å². The molecule has 72 valence electrons. The van der Waals surface area contributed by atoms with Gasteiger partial charge in [-0.3, -0.25) is 5.32 Å². The Morgan fingerprint density at radius 3 is 3.23 bits per heavy atom. The summed E-state index contributed by atoms with van der Waals surface area (Å²) in [5.41, 5.74) is 0. The normalized spacial score (nSPS) is 30.8. The molecule has 1 amide bonds. The van der Waals surface area contributed by atoms with Crippen LogP contribution in [0.4, 0.5) is 4.79 Å². The highest BCUT2D eigenvalue weighted by Crippen LogP contribution is 2.10. The van der Waals surface area contributed by atoms with Gasteiger partial charge in [0.1, 0.15) is 0 Å². The largest absolute Gasteiger partial charge is 0.416 e. The lowest BCUT2D eigenvalue weighted by Crippen LogP contribution is -2.24. The van der Waals surface area contributed by atoms with Crippen molar-refractivity contribution in [2.45, 2.75) is 19.1 Å². The number of alkyl carbamates (subject to hydrolysis) is 1. The molecule has 1 aliphatic rings. The van der Waals surface area contributed by atoms with Crippen molar-refractivity contribution in [3.63, 3.8) is 0 Å². The SMILES string of the molecule is O=C1N/C=C(\Cl)CC/C=C/C(O)O1. The molecular weight excluding hydrogens is 194 g/mol. The number of rotatable bonds is 0. The van der Waals surface area contributed by atoms with Crippen molar-refractivity contribution in [3.05, 3.63) is 23.4 Å². The number of carbonyl (C=O) groups is 1. The topological polar surface area (TPSA) is 58.6 Å². The Balaban J connectivity index is 2.60. The van der Waals surface area contributed by atoms with Crippen LogP contribution in [-0.4, -0.2) is 17.5 Å². The monoisotopic (exact) mass is 203 g/mol. The summed E-state index contributed by atoms with van der Waals surface area (Å²) in [5.74, 6) is 0. The molecule has 0 fully saturated rings. The van der Waals surface area contributed by atoms with Crippen LogP contribution in [0.25, 0.3) is 0 Å². The molecule has 0 aliphatic carbocycles. The van der Waals surface area contributed by atoms with Crippen LogP contribution in [0, 0.1) is 0 Å². The molecular formula is C8H10ClNO3. The Kier molecular flexibility index (Phi) is 3.79. The van der Waals surface area contributed by atoms with E-state index in [1.54, 1.807) is 6.08 Å². The number of amides is 1. The van der Waals surface area contributed by atoms with Gasteiger partial charge < -0.3 is 9.84 Å². The second-order valence-corrected chi connectivity index (χ2v) is 2.98. The van der Waals surface area contributed by atoms with Crippen LogP contribution < -0.4 is 5.32 Å². The molecule has 0 saturated carbocycles. The van der Waals surface area contributed by atoms with E-state index in [2.05, 4.69) is 10.1 Å². The number of cyclic esters (lactones) is 1. The molecule has 1 unspecified atom stereocenters. The van der Waals surface area contributed by atoms with Gasteiger partial charge in [-0.25, -0.2) is 4.79 Å². The lowest BCUT2D eigenvalue weighted by molar-refractivity contribution is -0.0146. The van der Waals surface area contributed by atoms with Crippen molar-refractivity contribution in [3.8, 4) is 0 Å². The van der Waals surface area contributed by atoms with E-state index in [1.165, 1.54) is 12.3 Å². The van der Waals surface area contributed by atoms with E-state index in [4.69, 9.17) is 16.7 Å². The van der Waals surface area contributed by atoms with Gasteiger partial charge in [0.15, 0.2) is 0 Å². The third-order valence-electron chi connectivity index (χ3n) is 1.42. The van der Waals surface area contributed by atoms with Gasteiger partial charge in [-0.15, -0.1) is 0 Å². The third kappa shape index (κ3) is 3.96. The Hall–Kier alpha value is -1.00. The van der Waals surface area contributed by atoms with Crippen LogP contribution >= 0.6 is 11.6 Å². The maximum atomic E-state index is 10.8. The Labute approximate surface area is 80.8 Å². The summed E-state index contributed by atoms with van der Waals surface area (Å²) in [6.45, 7) is 0. The van der Waals surface area contributed by atoms with Crippen LogP contribution in [0.5, 0.6) is 0 Å². The van der Waals surface area contributed by atoms with E-state index in [9.17, 15) is 4.79 Å². The van der Waals surface area contributed by atoms with Crippen molar-refractivity contribution < 1.29 is 14.6 Å². The molecule has 13 heavy (non-hydrogen) atoms. The highest BCUT2D eigenvalue weighted by Gasteiger charge is 2.07. The van der Waals surface area contributed by atoms with E-state index < -0.39 is 12.4 Å². The first kappa shape index (κ1) is 10.1. The maximum Gasteiger partial charge on any atom is 0.413 e. The van der Waals surface area contributed by atoms with Gasteiger partial charge in [0.2, 0.25) is 6.29 Å². The fourth-order valence-electron chi connectivity index (χ4n) is 0.826. The molecule has 0 aromatic carbocycles. The van der Waals surface area contributed by atoms with E-state index in [-0.39, 0.29) is 0 Å². The number of halogens is 1. The van der Waals surface area contributed by atoms with Gasteiger partial charge in [0.25, 0.3) is 0 Å². The molecule has 0 aromatic heterocycles. The Morgan fingerprint density at radius 1 is 1.69 bits per heavy atom. The van der Waals surface area contributed by atoms with Crippen molar-refractivity contribution >= 4 is 17.7 Å². The molecule has 0 aromatic rings. The van der Waals surface area contributed by atoms with Crippen LogP contribution in [0.1, 0.15) is 12.8 Å².